The van der Waals surface area contributed by atoms with Gasteiger partial charge in [0.2, 0.25) is 20.0 Å². The second-order valence-electron chi connectivity index (χ2n) is 7.74. The molecular weight excluding hydrogens is 446 g/mol. The number of carbonyl (C=O) groups is 2. The SMILES string of the molecule is CC(OC(=O)C1CCCN1S(C)(=O)=O)C(=O)Nc1ccc(S(=O)(=O)N2CCCC2)cc1. The number of nitrogens with one attached hydrogen (secondary N) is 1. The van der Waals surface area contributed by atoms with Crippen molar-refractivity contribution < 1.29 is 31.2 Å². The van der Waals surface area contributed by atoms with Gasteiger partial charge in [-0.25, -0.2) is 16.8 Å². The number of hydrogen-bond donors (Lipinski definition) is 1. The Morgan fingerprint density at radius 3 is 2.23 bits per heavy atom. The molecule has 172 valence electrons. The fourth-order valence-electron chi connectivity index (χ4n) is 3.71. The van der Waals surface area contributed by atoms with E-state index in [2.05, 4.69) is 5.32 Å². The van der Waals surface area contributed by atoms with E-state index in [9.17, 15) is 26.4 Å². The Bertz CT molecular complexity index is 1030. The molecule has 2 aliphatic heterocycles. The summed E-state index contributed by atoms with van der Waals surface area (Å²) in [6.45, 7) is 2.63. The molecule has 10 nitrogen and oxygen atoms in total. The molecule has 2 unspecified atom stereocenters. The predicted octanol–water partition coefficient (Wildman–Crippen LogP) is 0.765. The van der Waals surface area contributed by atoms with Crippen molar-refractivity contribution in [3.63, 3.8) is 0 Å². The number of esters is 1. The third-order valence-electron chi connectivity index (χ3n) is 5.39. The molecule has 0 radical (unpaired) electrons. The van der Waals surface area contributed by atoms with Crippen LogP contribution in [0, 0.1) is 0 Å². The van der Waals surface area contributed by atoms with Crippen LogP contribution >= 0.6 is 0 Å². The van der Waals surface area contributed by atoms with E-state index in [1.54, 1.807) is 0 Å². The first-order valence-electron chi connectivity index (χ1n) is 10.1. The van der Waals surface area contributed by atoms with Crippen molar-refractivity contribution in [1.29, 1.82) is 0 Å². The minimum atomic E-state index is -3.55. The van der Waals surface area contributed by atoms with E-state index in [1.165, 1.54) is 35.5 Å². The van der Waals surface area contributed by atoms with E-state index in [0.717, 1.165) is 23.4 Å². The highest BCUT2D eigenvalue weighted by Gasteiger charge is 2.38. The molecule has 2 atom stereocenters. The maximum Gasteiger partial charge on any atom is 0.325 e. The third-order valence-corrected chi connectivity index (χ3v) is 8.59. The van der Waals surface area contributed by atoms with Crippen LogP contribution in [-0.4, -0.2) is 75.4 Å². The number of sulfonamides is 2. The Morgan fingerprint density at radius 1 is 1.03 bits per heavy atom. The van der Waals surface area contributed by atoms with Gasteiger partial charge >= 0.3 is 5.97 Å². The summed E-state index contributed by atoms with van der Waals surface area (Å²) in [6, 6.07) is 4.85. The van der Waals surface area contributed by atoms with Gasteiger partial charge in [0.05, 0.1) is 11.2 Å². The average molecular weight is 474 g/mol. The maximum atomic E-state index is 12.6. The molecule has 2 fully saturated rings. The molecule has 31 heavy (non-hydrogen) atoms. The molecule has 0 saturated carbocycles. The van der Waals surface area contributed by atoms with Gasteiger partial charge in [0.15, 0.2) is 6.10 Å². The Morgan fingerprint density at radius 2 is 1.65 bits per heavy atom. The molecule has 2 aliphatic rings. The number of ether oxygens (including phenoxy) is 1. The van der Waals surface area contributed by atoms with Gasteiger partial charge < -0.3 is 10.1 Å². The van der Waals surface area contributed by atoms with Crippen LogP contribution in [0.2, 0.25) is 0 Å². The molecule has 3 rings (SSSR count). The normalized spacial score (nSPS) is 21.7. The number of amides is 1. The molecule has 1 aromatic rings. The van der Waals surface area contributed by atoms with Crippen LogP contribution in [0.3, 0.4) is 0 Å². The Hall–Kier alpha value is -2.02. The standard InChI is InChI=1S/C19H27N3O7S2/c1-14(29-19(24)17-6-5-13-22(17)30(2,25)26)18(23)20-15-7-9-16(10-8-15)31(27,28)21-11-3-4-12-21/h7-10,14,17H,3-6,11-13H2,1-2H3,(H,20,23). The smallest absolute Gasteiger partial charge is 0.325 e. The van der Waals surface area contributed by atoms with E-state index in [-0.39, 0.29) is 11.4 Å². The van der Waals surface area contributed by atoms with Gasteiger partial charge in [0.25, 0.3) is 5.91 Å². The zero-order valence-corrected chi connectivity index (χ0v) is 19.1. The molecule has 2 saturated heterocycles. The minimum Gasteiger partial charge on any atom is -0.451 e. The lowest BCUT2D eigenvalue weighted by Crippen LogP contribution is -2.43. The number of carbonyl (C=O) groups excluding carboxylic acids is 2. The lowest BCUT2D eigenvalue weighted by atomic mass is 10.2. The van der Waals surface area contributed by atoms with Crippen LogP contribution in [0.5, 0.6) is 0 Å². The van der Waals surface area contributed by atoms with Gasteiger partial charge in [-0.05, 0) is 56.9 Å². The van der Waals surface area contributed by atoms with Crippen LogP contribution in [-0.2, 0) is 34.4 Å². The molecule has 2 heterocycles. The second kappa shape index (κ2) is 9.23. The molecule has 0 spiro atoms. The lowest BCUT2D eigenvalue weighted by molar-refractivity contribution is -0.156. The Balaban J connectivity index is 1.59. The van der Waals surface area contributed by atoms with Crippen molar-refractivity contribution >= 4 is 37.6 Å². The summed E-state index contributed by atoms with van der Waals surface area (Å²) in [4.78, 5) is 24.9. The number of hydrogen-bond acceptors (Lipinski definition) is 7. The van der Waals surface area contributed by atoms with Crippen molar-refractivity contribution in [2.24, 2.45) is 0 Å². The molecule has 1 N–H and O–H groups in total. The zero-order valence-electron chi connectivity index (χ0n) is 17.5. The van der Waals surface area contributed by atoms with E-state index in [0.29, 0.717) is 31.6 Å². The summed E-state index contributed by atoms with van der Waals surface area (Å²) in [5.41, 5.74) is 0.354. The number of rotatable bonds is 7. The number of benzene rings is 1. The highest BCUT2D eigenvalue weighted by Crippen LogP contribution is 2.23. The largest absolute Gasteiger partial charge is 0.451 e. The van der Waals surface area contributed by atoms with Crippen LogP contribution < -0.4 is 5.32 Å². The third kappa shape index (κ3) is 5.43. The monoisotopic (exact) mass is 473 g/mol. The summed E-state index contributed by atoms with van der Waals surface area (Å²) in [6.07, 6.45) is 2.44. The van der Waals surface area contributed by atoms with Crippen molar-refractivity contribution in [3.8, 4) is 0 Å². The average Bonchev–Trinajstić information content (AvgIpc) is 3.40. The fraction of sp³-hybridized carbons (Fsp3) is 0.579. The van der Waals surface area contributed by atoms with E-state index in [1.807, 2.05) is 0 Å². The van der Waals surface area contributed by atoms with E-state index >= 15 is 0 Å². The molecule has 1 amide bonds. The van der Waals surface area contributed by atoms with Crippen molar-refractivity contribution in [2.75, 3.05) is 31.2 Å². The number of nitrogens with zero attached hydrogens (tertiary/aromatic N) is 2. The van der Waals surface area contributed by atoms with E-state index in [4.69, 9.17) is 4.74 Å². The summed E-state index contributed by atoms with van der Waals surface area (Å²) in [7, 11) is -7.09. The molecule has 0 bridgehead atoms. The summed E-state index contributed by atoms with van der Waals surface area (Å²) in [5, 5.41) is 2.57. The van der Waals surface area contributed by atoms with Crippen molar-refractivity contribution in [1.82, 2.24) is 8.61 Å². The van der Waals surface area contributed by atoms with Crippen LogP contribution in [0.25, 0.3) is 0 Å². The highest BCUT2D eigenvalue weighted by molar-refractivity contribution is 7.89. The summed E-state index contributed by atoms with van der Waals surface area (Å²) < 4.78 is 56.4. The Kier molecular flexibility index (Phi) is 7.04. The molecule has 12 heteroatoms. The van der Waals surface area contributed by atoms with Gasteiger partial charge in [0.1, 0.15) is 6.04 Å². The summed E-state index contributed by atoms with van der Waals surface area (Å²) >= 11 is 0. The zero-order chi connectivity index (χ0) is 22.8. The van der Waals surface area contributed by atoms with Crippen molar-refractivity contribution in [2.45, 2.75) is 49.6 Å². The van der Waals surface area contributed by atoms with E-state index < -0.39 is 44.1 Å². The van der Waals surface area contributed by atoms with Gasteiger partial charge in [0, 0.05) is 25.3 Å². The quantitative estimate of drug-likeness (QED) is 0.579. The first-order chi connectivity index (χ1) is 14.5. The molecule has 1 aromatic carbocycles. The number of anilines is 1. The topological polar surface area (TPSA) is 130 Å². The minimum absolute atomic E-state index is 0.147. The highest BCUT2D eigenvalue weighted by atomic mass is 32.2. The summed E-state index contributed by atoms with van der Waals surface area (Å²) in [5.74, 6) is -1.37. The first kappa shape index (κ1) is 23.6. The van der Waals surface area contributed by atoms with Gasteiger partial charge in [-0.1, -0.05) is 0 Å². The molecule has 0 aliphatic carbocycles. The van der Waals surface area contributed by atoms with Crippen LogP contribution in [0.15, 0.2) is 29.2 Å². The van der Waals surface area contributed by atoms with Crippen molar-refractivity contribution in [3.05, 3.63) is 24.3 Å². The van der Waals surface area contributed by atoms with Crippen LogP contribution in [0.1, 0.15) is 32.6 Å². The fourth-order valence-corrected chi connectivity index (χ4v) is 6.34. The lowest BCUT2D eigenvalue weighted by Gasteiger charge is -2.22. The Labute approximate surface area is 182 Å². The molecular formula is C19H27N3O7S2. The van der Waals surface area contributed by atoms with Crippen LogP contribution in [0.4, 0.5) is 5.69 Å². The molecule has 0 aromatic heterocycles. The predicted molar refractivity (Wildman–Crippen MR) is 113 cm³/mol. The van der Waals surface area contributed by atoms with Gasteiger partial charge in [-0.3, -0.25) is 9.59 Å². The maximum absolute atomic E-state index is 12.6. The first-order valence-corrected chi connectivity index (χ1v) is 13.4. The van der Waals surface area contributed by atoms with Gasteiger partial charge in [-0.15, -0.1) is 0 Å². The van der Waals surface area contributed by atoms with Gasteiger partial charge in [-0.2, -0.15) is 8.61 Å². The second-order valence-corrected chi connectivity index (χ2v) is 11.6.